The van der Waals surface area contributed by atoms with Gasteiger partial charge in [-0.25, -0.2) is 0 Å². The maximum absolute atomic E-state index is 12.4. The number of carbonyl (C=O) groups is 2. The lowest BCUT2D eigenvalue weighted by Crippen LogP contribution is -2.42. The van der Waals surface area contributed by atoms with Gasteiger partial charge in [-0.2, -0.15) is 0 Å². The van der Waals surface area contributed by atoms with Crippen LogP contribution in [0.25, 0.3) is 0 Å². The highest BCUT2D eigenvalue weighted by molar-refractivity contribution is 6.30. The average Bonchev–Trinajstić information content (AvgIpc) is 2.72. The maximum atomic E-state index is 12.4. The predicted molar refractivity (Wildman–Crippen MR) is 87.9 cm³/mol. The van der Waals surface area contributed by atoms with Crippen molar-refractivity contribution in [2.45, 2.75) is 19.4 Å². The number of rotatable bonds is 3. The van der Waals surface area contributed by atoms with Crippen molar-refractivity contribution in [2.24, 2.45) is 0 Å². The van der Waals surface area contributed by atoms with Gasteiger partial charge in [0.25, 0.3) is 5.91 Å². The number of halogens is 2. The van der Waals surface area contributed by atoms with E-state index >= 15 is 0 Å². The van der Waals surface area contributed by atoms with Crippen LogP contribution in [0.4, 0.5) is 0 Å². The van der Waals surface area contributed by atoms with Crippen LogP contribution in [0.2, 0.25) is 5.02 Å². The number of aliphatic carboxylic acids is 1. The van der Waals surface area contributed by atoms with E-state index in [0.717, 1.165) is 6.42 Å². The fourth-order valence-electron chi connectivity index (χ4n) is 2.46. The van der Waals surface area contributed by atoms with E-state index in [9.17, 15) is 9.59 Å². The van der Waals surface area contributed by atoms with Crippen molar-refractivity contribution in [1.82, 2.24) is 9.80 Å². The molecule has 0 spiro atoms. The Morgan fingerprint density at radius 2 is 1.77 bits per heavy atom. The molecule has 1 aliphatic rings. The zero-order chi connectivity index (χ0) is 15.4. The fraction of sp³-hybridized carbons (Fsp3) is 0.467. The number of hydrogen-bond donors (Lipinski definition) is 1. The first-order valence-electron chi connectivity index (χ1n) is 7.00. The first-order chi connectivity index (χ1) is 9.99. The minimum absolute atomic E-state index is 0. The molecule has 0 radical (unpaired) electrons. The second-order valence-corrected chi connectivity index (χ2v) is 5.64. The van der Waals surface area contributed by atoms with Gasteiger partial charge < -0.3 is 10.0 Å². The van der Waals surface area contributed by atoms with Gasteiger partial charge >= 0.3 is 5.97 Å². The zero-order valence-electron chi connectivity index (χ0n) is 12.4. The van der Waals surface area contributed by atoms with Crippen LogP contribution < -0.4 is 0 Å². The van der Waals surface area contributed by atoms with Crippen molar-refractivity contribution in [2.75, 3.05) is 26.2 Å². The number of carboxylic acids is 1. The molecular formula is C15H20Cl2N2O3. The maximum Gasteiger partial charge on any atom is 0.320 e. The quantitative estimate of drug-likeness (QED) is 0.912. The van der Waals surface area contributed by atoms with Crippen LogP contribution in [0.1, 0.15) is 23.7 Å². The highest BCUT2D eigenvalue weighted by atomic mass is 35.5. The summed E-state index contributed by atoms with van der Waals surface area (Å²) < 4.78 is 0. The Morgan fingerprint density at radius 1 is 1.14 bits per heavy atom. The first-order valence-corrected chi connectivity index (χ1v) is 7.38. The third-order valence-corrected chi connectivity index (χ3v) is 4.07. The molecule has 1 amide bonds. The van der Waals surface area contributed by atoms with E-state index in [1.807, 2.05) is 4.90 Å². The number of benzene rings is 1. The van der Waals surface area contributed by atoms with Crippen LogP contribution >= 0.6 is 24.0 Å². The average molecular weight is 347 g/mol. The Morgan fingerprint density at radius 3 is 2.36 bits per heavy atom. The van der Waals surface area contributed by atoms with Gasteiger partial charge in [-0.3, -0.25) is 14.5 Å². The second-order valence-electron chi connectivity index (χ2n) is 5.20. The Balaban J connectivity index is 0.00000242. The van der Waals surface area contributed by atoms with Crippen LogP contribution in [-0.4, -0.2) is 59.0 Å². The molecule has 2 rings (SSSR count). The van der Waals surface area contributed by atoms with E-state index in [2.05, 4.69) is 0 Å². The molecule has 1 aromatic carbocycles. The van der Waals surface area contributed by atoms with Gasteiger partial charge in [0.1, 0.15) is 6.04 Å². The molecule has 1 N–H and O–H groups in total. The molecule has 22 heavy (non-hydrogen) atoms. The Labute approximate surface area is 141 Å². The van der Waals surface area contributed by atoms with E-state index in [1.165, 1.54) is 0 Å². The van der Waals surface area contributed by atoms with Crippen LogP contribution in [0.5, 0.6) is 0 Å². The lowest BCUT2D eigenvalue weighted by molar-refractivity contribution is -0.142. The largest absolute Gasteiger partial charge is 0.480 e. The second kappa shape index (κ2) is 8.36. The number of carbonyl (C=O) groups excluding carboxylic acids is 1. The van der Waals surface area contributed by atoms with Gasteiger partial charge in [0.2, 0.25) is 0 Å². The van der Waals surface area contributed by atoms with Crippen molar-refractivity contribution in [3.63, 3.8) is 0 Å². The lowest BCUT2D eigenvalue weighted by Gasteiger charge is -2.24. The van der Waals surface area contributed by atoms with Crippen LogP contribution in [0.3, 0.4) is 0 Å². The molecule has 1 aliphatic heterocycles. The van der Waals surface area contributed by atoms with Gasteiger partial charge in [-0.15, -0.1) is 12.4 Å². The first kappa shape index (κ1) is 18.7. The molecule has 122 valence electrons. The van der Waals surface area contributed by atoms with Gasteiger partial charge in [0, 0.05) is 36.8 Å². The summed E-state index contributed by atoms with van der Waals surface area (Å²) in [5, 5.41) is 9.67. The topological polar surface area (TPSA) is 60.9 Å². The normalized spacial score (nSPS) is 17.3. The van der Waals surface area contributed by atoms with E-state index in [-0.39, 0.29) is 18.3 Å². The molecule has 1 fully saturated rings. The van der Waals surface area contributed by atoms with Crippen molar-refractivity contribution >= 4 is 35.9 Å². The van der Waals surface area contributed by atoms with Crippen LogP contribution in [-0.2, 0) is 4.79 Å². The van der Waals surface area contributed by atoms with Crippen LogP contribution in [0, 0.1) is 0 Å². The van der Waals surface area contributed by atoms with Crippen LogP contribution in [0.15, 0.2) is 24.3 Å². The van der Waals surface area contributed by atoms with Crippen molar-refractivity contribution in [3.05, 3.63) is 34.9 Å². The van der Waals surface area contributed by atoms with Crippen molar-refractivity contribution in [3.8, 4) is 0 Å². The van der Waals surface area contributed by atoms with E-state index in [0.29, 0.717) is 36.8 Å². The summed E-state index contributed by atoms with van der Waals surface area (Å²) >= 11 is 5.82. The Hall–Kier alpha value is -1.30. The van der Waals surface area contributed by atoms with Gasteiger partial charge in [0.15, 0.2) is 0 Å². The predicted octanol–water partition coefficient (Wildman–Crippen LogP) is 2.38. The fourth-order valence-corrected chi connectivity index (χ4v) is 2.59. The smallest absolute Gasteiger partial charge is 0.320 e. The molecule has 1 atom stereocenters. The monoisotopic (exact) mass is 346 g/mol. The zero-order valence-corrected chi connectivity index (χ0v) is 13.9. The number of nitrogens with zero attached hydrogens (tertiary/aromatic N) is 2. The summed E-state index contributed by atoms with van der Waals surface area (Å²) in [6.45, 7) is 4.13. The SMILES string of the molecule is CC(C(=O)O)N1CCCN(C(=O)c2ccc(Cl)cc2)CC1.Cl. The molecular weight excluding hydrogens is 327 g/mol. The standard InChI is InChI=1S/C15H19ClN2O3.ClH/c1-11(15(20)21)17-7-2-8-18(10-9-17)14(19)12-3-5-13(16)6-4-12;/h3-6,11H,2,7-10H2,1H3,(H,20,21);1H. The number of hydrogen-bond acceptors (Lipinski definition) is 3. The third-order valence-electron chi connectivity index (χ3n) is 3.81. The number of amides is 1. The molecule has 1 aromatic rings. The summed E-state index contributed by atoms with van der Waals surface area (Å²) in [6, 6.07) is 6.31. The van der Waals surface area contributed by atoms with Gasteiger partial charge in [0.05, 0.1) is 0 Å². The molecule has 1 heterocycles. The molecule has 1 unspecified atom stereocenters. The minimum Gasteiger partial charge on any atom is -0.480 e. The molecule has 0 aromatic heterocycles. The molecule has 0 aliphatic carbocycles. The summed E-state index contributed by atoms with van der Waals surface area (Å²) in [4.78, 5) is 27.1. The third kappa shape index (κ3) is 4.60. The van der Waals surface area contributed by atoms with Crippen molar-refractivity contribution < 1.29 is 14.7 Å². The molecule has 0 bridgehead atoms. The highest BCUT2D eigenvalue weighted by Gasteiger charge is 2.25. The minimum atomic E-state index is -0.826. The molecule has 0 saturated carbocycles. The summed E-state index contributed by atoms with van der Waals surface area (Å²) in [5.41, 5.74) is 0.610. The summed E-state index contributed by atoms with van der Waals surface area (Å²) in [6.07, 6.45) is 0.775. The highest BCUT2D eigenvalue weighted by Crippen LogP contribution is 2.14. The van der Waals surface area contributed by atoms with E-state index in [4.69, 9.17) is 16.7 Å². The number of carboxylic acid groups (broad SMARTS) is 1. The molecule has 5 nitrogen and oxygen atoms in total. The van der Waals surface area contributed by atoms with Gasteiger partial charge in [-0.1, -0.05) is 11.6 Å². The summed E-state index contributed by atoms with van der Waals surface area (Å²) in [7, 11) is 0. The van der Waals surface area contributed by atoms with E-state index in [1.54, 1.807) is 36.1 Å². The summed E-state index contributed by atoms with van der Waals surface area (Å²) in [5.74, 6) is -0.857. The lowest BCUT2D eigenvalue weighted by atomic mass is 10.2. The van der Waals surface area contributed by atoms with E-state index < -0.39 is 12.0 Å². The van der Waals surface area contributed by atoms with Crippen molar-refractivity contribution in [1.29, 1.82) is 0 Å². The Bertz CT molecular complexity index is 522. The molecule has 7 heteroatoms. The Kier molecular flexibility index (Phi) is 7.13. The molecule has 1 saturated heterocycles. The van der Waals surface area contributed by atoms with Gasteiger partial charge in [-0.05, 0) is 37.6 Å².